The zero-order valence-electron chi connectivity index (χ0n) is 11.5. The average Bonchev–Trinajstić information content (AvgIpc) is 2.83. The van der Waals surface area contributed by atoms with Crippen LogP contribution in [0, 0.1) is 0 Å². The van der Waals surface area contributed by atoms with Gasteiger partial charge in [-0.2, -0.15) is 0 Å². The average molecular weight is 273 g/mol. The summed E-state index contributed by atoms with van der Waals surface area (Å²) >= 11 is 5.62. The second-order valence-corrected chi connectivity index (χ2v) is 5.13. The van der Waals surface area contributed by atoms with Crippen LogP contribution in [-0.4, -0.2) is 16.1 Å². The topological polar surface area (TPSA) is 38.9 Å². The molecular weight excluding hydrogens is 248 g/mol. The van der Waals surface area contributed by atoms with E-state index in [1.165, 1.54) is 38.5 Å². The molecule has 0 atom stereocenters. The third-order valence-corrected chi connectivity index (χ3v) is 3.29. The SMILES string of the molecule is CCCCCCCCCc1nnc(CCCCl)o1. The van der Waals surface area contributed by atoms with Gasteiger partial charge in [-0.25, -0.2) is 0 Å². The molecule has 1 aromatic heterocycles. The van der Waals surface area contributed by atoms with Crippen LogP contribution in [0.1, 0.15) is 70.1 Å². The Labute approximate surface area is 115 Å². The van der Waals surface area contributed by atoms with Gasteiger partial charge in [0.15, 0.2) is 0 Å². The molecule has 0 amide bonds. The van der Waals surface area contributed by atoms with E-state index in [-0.39, 0.29) is 0 Å². The third-order valence-electron chi connectivity index (χ3n) is 3.03. The van der Waals surface area contributed by atoms with Crippen LogP contribution in [0.2, 0.25) is 0 Å². The Kier molecular flexibility index (Phi) is 8.92. The van der Waals surface area contributed by atoms with Crippen LogP contribution in [0.4, 0.5) is 0 Å². The van der Waals surface area contributed by atoms with E-state index in [9.17, 15) is 0 Å². The van der Waals surface area contributed by atoms with Crippen LogP contribution in [0.3, 0.4) is 0 Å². The number of hydrogen-bond donors (Lipinski definition) is 0. The summed E-state index contributed by atoms with van der Waals surface area (Å²) < 4.78 is 5.55. The highest BCUT2D eigenvalue weighted by Gasteiger charge is 2.05. The van der Waals surface area contributed by atoms with Crippen molar-refractivity contribution in [2.24, 2.45) is 0 Å². The predicted molar refractivity (Wildman–Crippen MR) is 75.0 cm³/mol. The Hall–Kier alpha value is -0.570. The molecule has 0 aliphatic heterocycles. The van der Waals surface area contributed by atoms with E-state index in [2.05, 4.69) is 17.1 Å². The van der Waals surface area contributed by atoms with E-state index in [0.29, 0.717) is 5.88 Å². The molecule has 3 nitrogen and oxygen atoms in total. The van der Waals surface area contributed by atoms with E-state index in [0.717, 1.165) is 37.5 Å². The lowest BCUT2D eigenvalue weighted by Crippen LogP contribution is -1.86. The minimum absolute atomic E-state index is 0.648. The molecule has 1 heterocycles. The Bertz CT molecular complexity index is 302. The number of nitrogens with zero attached hydrogens (tertiary/aromatic N) is 2. The quantitative estimate of drug-likeness (QED) is 0.439. The maximum Gasteiger partial charge on any atom is 0.216 e. The van der Waals surface area contributed by atoms with Crippen molar-refractivity contribution in [2.45, 2.75) is 71.1 Å². The molecule has 0 bridgehead atoms. The molecule has 0 aliphatic carbocycles. The number of hydrogen-bond acceptors (Lipinski definition) is 3. The first kappa shape index (κ1) is 15.5. The van der Waals surface area contributed by atoms with Crippen molar-refractivity contribution in [3.63, 3.8) is 0 Å². The van der Waals surface area contributed by atoms with Crippen LogP contribution in [0.15, 0.2) is 4.42 Å². The fourth-order valence-corrected chi connectivity index (χ4v) is 2.08. The van der Waals surface area contributed by atoms with Crippen molar-refractivity contribution in [2.75, 3.05) is 5.88 Å². The van der Waals surface area contributed by atoms with Gasteiger partial charge in [-0.05, 0) is 12.8 Å². The summed E-state index contributed by atoms with van der Waals surface area (Å²) in [4.78, 5) is 0. The smallest absolute Gasteiger partial charge is 0.216 e. The number of halogens is 1. The molecule has 4 heteroatoms. The number of rotatable bonds is 11. The fraction of sp³-hybridized carbons (Fsp3) is 0.857. The maximum atomic E-state index is 5.62. The Morgan fingerprint density at radius 3 is 2.00 bits per heavy atom. The van der Waals surface area contributed by atoms with Gasteiger partial charge in [0.2, 0.25) is 11.8 Å². The van der Waals surface area contributed by atoms with Gasteiger partial charge in [-0.3, -0.25) is 0 Å². The highest BCUT2D eigenvalue weighted by atomic mass is 35.5. The molecule has 0 saturated heterocycles. The minimum atomic E-state index is 0.648. The van der Waals surface area contributed by atoms with Crippen LogP contribution >= 0.6 is 11.6 Å². The monoisotopic (exact) mass is 272 g/mol. The van der Waals surface area contributed by atoms with Crippen LogP contribution in [-0.2, 0) is 12.8 Å². The molecular formula is C14H25ClN2O. The van der Waals surface area contributed by atoms with Crippen LogP contribution in [0.25, 0.3) is 0 Å². The van der Waals surface area contributed by atoms with Crippen LogP contribution in [0.5, 0.6) is 0 Å². The molecule has 0 fully saturated rings. The molecule has 0 spiro atoms. The highest BCUT2D eigenvalue weighted by molar-refractivity contribution is 6.17. The maximum absolute atomic E-state index is 5.62. The second kappa shape index (κ2) is 10.4. The van der Waals surface area contributed by atoms with Gasteiger partial charge in [0.1, 0.15) is 0 Å². The molecule has 104 valence electrons. The summed E-state index contributed by atoms with van der Waals surface area (Å²) in [6, 6.07) is 0. The summed E-state index contributed by atoms with van der Waals surface area (Å²) in [5.74, 6) is 2.16. The first-order valence-electron chi connectivity index (χ1n) is 7.24. The second-order valence-electron chi connectivity index (χ2n) is 4.75. The lowest BCUT2D eigenvalue weighted by atomic mass is 10.1. The zero-order chi connectivity index (χ0) is 13.1. The van der Waals surface area contributed by atoms with E-state index in [1.807, 2.05) is 0 Å². The molecule has 0 aromatic carbocycles. The summed E-state index contributed by atoms with van der Waals surface area (Å²) in [6.07, 6.45) is 11.8. The molecule has 1 rings (SSSR count). The summed E-state index contributed by atoms with van der Waals surface area (Å²) in [7, 11) is 0. The molecule has 0 radical (unpaired) electrons. The fourth-order valence-electron chi connectivity index (χ4n) is 1.94. The first-order valence-corrected chi connectivity index (χ1v) is 7.77. The van der Waals surface area contributed by atoms with E-state index in [1.54, 1.807) is 0 Å². The Balaban J connectivity index is 2.03. The Morgan fingerprint density at radius 2 is 1.39 bits per heavy atom. The normalized spacial score (nSPS) is 11.0. The van der Waals surface area contributed by atoms with Gasteiger partial charge in [0.05, 0.1) is 0 Å². The van der Waals surface area contributed by atoms with Gasteiger partial charge in [0.25, 0.3) is 0 Å². The number of aromatic nitrogens is 2. The molecule has 0 unspecified atom stereocenters. The Morgan fingerprint density at radius 1 is 0.833 bits per heavy atom. The lowest BCUT2D eigenvalue weighted by Gasteiger charge is -1.99. The standard InChI is InChI=1S/C14H25ClN2O/c1-2-3-4-5-6-7-8-10-13-16-17-14(18-13)11-9-12-15/h2-12H2,1H3. The molecule has 18 heavy (non-hydrogen) atoms. The van der Waals surface area contributed by atoms with Gasteiger partial charge in [-0.15, -0.1) is 21.8 Å². The van der Waals surface area contributed by atoms with Crippen molar-refractivity contribution in [1.29, 1.82) is 0 Å². The molecule has 0 saturated carbocycles. The van der Waals surface area contributed by atoms with Crippen LogP contribution < -0.4 is 0 Å². The highest BCUT2D eigenvalue weighted by Crippen LogP contribution is 2.10. The number of unbranched alkanes of at least 4 members (excludes halogenated alkanes) is 6. The minimum Gasteiger partial charge on any atom is -0.425 e. The summed E-state index contributed by atoms with van der Waals surface area (Å²) in [6.45, 7) is 2.25. The summed E-state index contributed by atoms with van der Waals surface area (Å²) in [5.41, 5.74) is 0. The van der Waals surface area contributed by atoms with Gasteiger partial charge < -0.3 is 4.42 Å². The van der Waals surface area contributed by atoms with Crippen molar-refractivity contribution in [3.8, 4) is 0 Å². The van der Waals surface area contributed by atoms with E-state index < -0.39 is 0 Å². The van der Waals surface area contributed by atoms with Crippen molar-refractivity contribution in [1.82, 2.24) is 10.2 Å². The molecule has 0 aliphatic rings. The van der Waals surface area contributed by atoms with E-state index >= 15 is 0 Å². The van der Waals surface area contributed by atoms with E-state index in [4.69, 9.17) is 16.0 Å². The largest absolute Gasteiger partial charge is 0.425 e. The van der Waals surface area contributed by atoms with Gasteiger partial charge in [0, 0.05) is 18.7 Å². The van der Waals surface area contributed by atoms with Gasteiger partial charge in [-0.1, -0.05) is 45.4 Å². The number of aryl methyl sites for hydroxylation is 2. The summed E-state index contributed by atoms with van der Waals surface area (Å²) in [5, 5.41) is 8.07. The third kappa shape index (κ3) is 7.00. The molecule has 0 N–H and O–H groups in total. The van der Waals surface area contributed by atoms with Crippen molar-refractivity contribution < 1.29 is 4.42 Å². The first-order chi connectivity index (χ1) is 8.86. The lowest BCUT2D eigenvalue weighted by molar-refractivity contribution is 0.438. The zero-order valence-corrected chi connectivity index (χ0v) is 12.2. The van der Waals surface area contributed by atoms with Gasteiger partial charge >= 0.3 is 0 Å². The van der Waals surface area contributed by atoms with Crippen molar-refractivity contribution >= 4 is 11.6 Å². The predicted octanol–water partition coefficient (Wildman–Crippen LogP) is 4.53. The van der Waals surface area contributed by atoms with Crippen molar-refractivity contribution in [3.05, 3.63) is 11.8 Å². The number of alkyl halides is 1. The molecule has 1 aromatic rings.